The Morgan fingerprint density at radius 2 is 2.24 bits per heavy atom. The molecule has 0 spiro atoms. The Morgan fingerprint density at radius 1 is 1.47 bits per heavy atom. The molecule has 17 heavy (non-hydrogen) atoms. The van der Waals surface area contributed by atoms with Gasteiger partial charge in [0.15, 0.2) is 11.5 Å². The van der Waals surface area contributed by atoms with Gasteiger partial charge < -0.3 is 15.2 Å². The van der Waals surface area contributed by atoms with E-state index >= 15 is 0 Å². The van der Waals surface area contributed by atoms with E-state index in [1.54, 1.807) is 0 Å². The normalized spacial score (nSPS) is 15.1. The Bertz CT molecular complexity index is 420. The SMILES string of the molecule is CCc1c(C(C)CCN)cc2c(c1Br)OCO2. The highest BCUT2D eigenvalue weighted by atomic mass is 79.9. The van der Waals surface area contributed by atoms with Crippen LogP contribution in [0.3, 0.4) is 0 Å². The molecule has 2 N–H and O–H groups in total. The summed E-state index contributed by atoms with van der Waals surface area (Å²) >= 11 is 3.63. The number of halogens is 1. The first-order chi connectivity index (χ1) is 8.19. The molecule has 0 bridgehead atoms. The number of ether oxygens (including phenoxy) is 2. The van der Waals surface area contributed by atoms with Crippen molar-refractivity contribution in [1.82, 2.24) is 0 Å². The molecule has 1 aliphatic heterocycles. The molecule has 1 aromatic rings. The van der Waals surface area contributed by atoms with Crippen molar-refractivity contribution in [3.63, 3.8) is 0 Å². The van der Waals surface area contributed by atoms with Crippen LogP contribution in [-0.4, -0.2) is 13.3 Å². The summed E-state index contributed by atoms with van der Waals surface area (Å²) in [6, 6.07) is 2.10. The van der Waals surface area contributed by atoms with E-state index in [0.717, 1.165) is 28.8 Å². The van der Waals surface area contributed by atoms with Crippen LogP contribution in [-0.2, 0) is 6.42 Å². The van der Waals surface area contributed by atoms with Gasteiger partial charge in [0.25, 0.3) is 0 Å². The van der Waals surface area contributed by atoms with E-state index < -0.39 is 0 Å². The maximum absolute atomic E-state index is 5.64. The van der Waals surface area contributed by atoms with Crippen LogP contribution in [0.1, 0.15) is 37.3 Å². The summed E-state index contributed by atoms with van der Waals surface area (Å²) in [5.74, 6) is 2.12. The third-order valence-corrected chi connectivity index (χ3v) is 4.06. The fourth-order valence-electron chi connectivity index (χ4n) is 2.26. The molecule has 0 saturated carbocycles. The van der Waals surface area contributed by atoms with Gasteiger partial charge in [-0.3, -0.25) is 0 Å². The molecule has 1 heterocycles. The predicted octanol–water partition coefficient (Wildman–Crippen LogP) is 3.19. The van der Waals surface area contributed by atoms with E-state index in [9.17, 15) is 0 Å². The van der Waals surface area contributed by atoms with Gasteiger partial charge in [-0.25, -0.2) is 0 Å². The first-order valence-electron chi connectivity index (χ1n) is 6.00. The molecule has 0 aromatic heterocycles. The summed E-state index contributed by atoms with van der Waals surface area (Å²) in [6.45, 7) is 5.37. The predicted molar refractivity (Wildman–Crippen MR) is 71.7 cm³/mol. The minimum Gasteiger partial charge on any atom is -0.454 e. The van der Waals surface area contributed by atoms with Gasteiger partial charge in [-0.2, -0.15) is 0 Å². The first kappa shape index (κ1) is 12.7. The quantitative estimate of drug-likeness (QED) is 0.928. The molecule has 4 heteroatoms. The third-order valence-electron chi connectivity index (χ3n) is 3.22. The van der Waals surface area contributed by atoms with Crippen molar-refractivity contribution in [2.45, 2.75) is 32.6 Å². The minimum absolute atomic E-state index is 0.311. The van der Waals surface area contributed by atoms with Gasteiger partial charge in [-0.15, -0.1) is 0 Å². The summed E-state index contributed by atoms with van der Waals surface area (Å²) < 4.78 is 12.0. The third kappa shape index (κ3) is 2.29. The van der Waals surface area contributed by atoms with Crippen molar-refractivity contribution in [2.75, 3.05) is 13.3 Å². The van der Waals surface area contributed by atoms with E-state index in [0.29, 0.717) is 19.3 Å². The van der Waals surface area contributed by atoms with Crippen molar-refractivity contribution in [1.29, 1.82) is 0 Å². The van der Waals surface area contributed by atoms with Gasteiger partial charge in [0, 0.05) is 0 Å². The Labute approximate surface area is 110 Å². The Morgan fingerprint density at radius 3 is 2.88 bits per heavy atom. The van der Waals surface area contributed by atoms with Crippen molar-refractivity contribution in [2.24, 2.45) is 5.73 Å². The Kier molecular flexibility index (Phi) is 3.94. The summed E-state index contributed by atoms with van der Waals surface area (Å²) in [6.07, 6.45) is 1.96. The monoisotopic (exact) mass is 299 g/mol. The lowest BCUT2D eigenvalue weighted by Gasteiger charge is -2.17. The van der Waals surface area contributed by atoms with E-state index in [1.807, 2.05) is 0 Å². The lowest BCUT2D eigenvalue weighted by molar-refractivity contribution is 0.173. The van der Waals surface area contributed by atoms with Crippen molar-refractivity contribution in [3.8, 4) is 11.5 Å². The van der Waals surface area contributed by atoms with Crippen molar-refractivity contribution >= 4 is 15.9 Å². The highest BCUT2D eigenvalue weighted by Gasteiger charge is 2.23. The van der Waals surface area contributed by atoms with Crippen molar-refractivity contribution in [3.05, 3.63) is 21.7 Å². The smallest absolute Gasteiger partial charge is 0.231 e. The summed E-state index contributed by atoms with van der Waals surface area (Å²) in [5.41, 5.74) is 8.26. The molecular formula is C13H18BrNO2. The summed E-state index contributed by atoms with van der Waals surface area (Å²) in [4.78, 5) is 0. The molecule has 2 rings (SSSR count). The average molecular weight is 300 g/mol. The van der Waals surface area contributed by atoms with Crippen LogP contribution < -0.4 is 15.2 Å². The molecule has 3 nitrogen and oxygen atoms in total. The van der Waals surface area contributed by atoms with E-state index in [1.165, 1.54) is 11.1 Å². The fraction of sp³-hybridized carbons (Fsp3) is 0.538. The minimum atomic E-state index is 0.311. The van der Waals surface area contributed by atoms with E-state index in [4.69, 9.17) is 15.2 Å². The lowest BCUT2D eigenvalue weighted by atomic mass is 9.91. The number of fused-ring (bicyclic) bond motifs is 1. The molecule has 0 fully saturated rings. The van der Waals surface area contributed by atoms with E-state index in [2.05, 4.69) is 35.8 Å². The van der Waals surface area contributed by atoms with Gasteiger partial charge in [-0.1, -0.05) is 13.8 Å². The van der Waals surface area contributed by atoms with Gasteiger partial charge >= 0.3 is 0 Å². The maximum Gasteiger partial charge on any atom is 0.231 e. The largest absolute Gasteiger partial charge is 0.454 e. The fourth-order valence-corrected chi connectivity index (χ4v) is 3.08. The topological polar surface area (TPSA) is 44.5 Å². The molecule has 94 valence electrons. The average Bonchev–Trinajstić information content (AvgIpc) is 2.77. The summed E-state index contributed by atoms with van der Waals surface area (Å²) in [7, 11) is 0. The molecule has 1 unspecified atom stereocenters. The number of hydrogen-bond donors (Lipinski definition) is 1. The van der Waals surface area contributed by atoms with Crippen LogP contribution in [0.2, 0.25) is 0 Å². The van der Waals surface area contributed by atoms with Gasteiger partial charge in [0.05, 0.1) is 4.47 Å². The van der Waals surface area contributed by atoms with Crippen LogP contribution in [0.4, 0.5) is 0 Å². The van der Waals surface area contributed by atoms with Gasteiger partial charge in [0.2, 0.25) is 6.79 Å². The zero-order chi connectivity index (χ0) is 12.4. The van der Waals surface area contributed by atoms with Crippen LogP contribution in [0.15, 0.2) is 10.5 Å². The molecule has 0 amide bonds. The Balaban J connectivity index is 2.47. The summed E-state index contributed by atoms with van der Waals surface area (Å²) in [5, 5.41) is 0. The van der Waals surface area contributed by atoms with Gasteiger partial charge in [0.1, 0.15) is 0 Å². The maximum atomic E-state index is 5.64. The van der Waals surface area contributed by atoms with Crippen LogP contribution in [0, 0.1) is 0 Å². The molecule has 1 atom stereocenters. The molecular weight excluding hydrogens is 282 g/mol. The highest BCUT2D eigenvalue weighted by Crippen LogP contribution is 2.45. The molecule has 1 aliphatic rings. The zero-order valence-electron chi connectivity index (χ0n) is 10.3. The second-order valence-electron chi connectivity index (χ2n) is 4.32. The lowest BCUT2D eigenvalue weighted by Crippen LogP contribution is -2.07. The van der Waals surface area contributed by atoms with Crippen LogP contribution in [0.5, 0.6) is 11.5 Å². The number of rotatable bonds is 4. The molecule has 0 saturated heterocycles. The Hall–Kier alpha value is -0.740. The van der Waals surface area contributed by atoms with E-state index in [-0.39, 0.29) is 0 Å². The van der Waals surface area contributed by atoms with Gasteiger partial charge in [-0.05, 0) is 58.4 Å². The molecule has 0 radical (unpaired) electrons. The number of benzene rings is 1. The second kappa shape index (κ2) is 5.27. The highest BCUT2D eigenvalue weighted by molar-refractivity contribution is 9.10. The standard InChI is InChI=1S/C13H18BrNO2/c1-3-9-10(8(2)4-5-15)6-11-13(12(9)14)17-7-16-11/h6,8H,3-5,7,15H2,1-2H3. The zero-order valence-corrected chi connectivity index (χ0v) is 11.8. The van der Waals surface area contributed by atoms with Crippen LogP contribution >= 0.6 is 15.9 Å². The molecule has 0 aliphatic carbocycles. The van der Waals surface area contributed by atoms with Crippen LogP contribution in [0.25, 0.3) is 0 Å². The number of nitrogens with two attached hydrogens (primary N) is 1. The van der Waals surface area contributed by atoms with Crippen molar-refractivity contribution < 1.29 is 9.47 Å². The molecule has 1 aromatic carbocycles. The first-order valence-corrected chi connectivity index (χ1v) is 6.79. The second-order valence-corrected chi connectivity index (χ2v) is 5.12. The number of hydrogen-bond acceptors (Lipinski definition) is 3.